The van der Waals surface area contributed by atoms with E-state index in [1.165, 1.54) is 0 Å². The van der Waals surface area contributed by atoms with E-state index in [4.69, 9.17) is 16.0 Å². The lowest BCUT2D eigenvalue weighted by Crippen LogP contribution is -2.67. The number of rotatable bonds is 2. The highest BCUT2D eigenvalue weighted by molar-refractivity contribution is 6.30. The van der Waals surface area contributed by atoms with Crippen molar-refractivity contribution in [1.29, 1.82) is 0 Å². The van der Waals surface area contributed by atoms with Gasteiger partial charge in [0.25, 0.3) is 0 Å². The first-order chi connectivity index (χ1) is 12.1. The van der Waals surface area contributed by atoms with Gasteiger partial charge in [0.2, 0.25) is 5.91 Å². The van der Waals surface area contributed by atoms with Gasteiger partial charge in [-0.05, 0) is 35.7 Å². The maximum atomic E-state index is 11.5. The zero-order chi connectivity index (χ0) is 17.0. The number of halogens is 1. The average molecular weight is 353 g/mol. The lowest BCUT2D eigenvalue weighted by atomic mass is 9.88. The van der Waals surface area contributed by atoms with Gasteiger partial charge in [-0.15, -0.1) is 0 Å². The number of carbonyl (C=O) groups is 1. The molecule has 5 rings (SSSR count). The van der Waals surface area contributed by atoms with Crippen molar-refractivity contribution in [3.05, 3.63) is 53.6 Å². The number of benzene rings is 2. The summed E-state index contributed by atoms with van der Waals surface area (Å²) in [6, 6.07) is 16.1. The van der Waals surface area contributed by atoms with Crippen LogP contribution in [0.3, 0.4) is 0 Å². The Labute approximate surface area is 150 Å². The van der Waals surface area contributed by atoms with Gasteiger partial charge in [-0.2, -0.15) is 0 Å². The van der Waals surface area contributed by atoms with Gasteiger partial charge in [-0.3, -0.25) is 4.79 Å². The van der Waals surface area contributed by atoms with E-state index in [1.807, 2.05) is 24.3 Å². The molecule has 5 heteroatoms. The number of amides is 1. The molecule has 126 valence electrons. The van der Waals surface area contributed by atoms with Gasteiger partial charge in [0.15, 0.2) is 5.88 Å². The summed E-state index contributed by atoms with van der Waals surface area (Å²) in [5, 5.41) is 4.92. The summed E-state index contributed by atoms with van der Waals surface area (Å²) >= 11 is 5.96. The maximum absolute atomic E-state index is 11.5. The van der Waals surface area contributed by atoms with Gasteiger partial charge in [-0.25, -0.2) is 0 Å². The minimum atomic E-state index is -0.0372. The molecule has 25 heavy (non-hydrogen) atoms. The van der Waals surface area contributed by atoms with Gasteiger partial charge < -0.3 is 14.6 Å². The van der Waals surface area contributed by atoms with Crippen molar-refractivity contribution in [2.75, 3.05) is 18.0 Å². The molecule has 0 saturated carbocycles. The molecule has 1 spiro atoms. The molecule has 1 N–H and O–H groups in total. The zero-order valence-corrected chi connectivity index (χ0v) is 14.3. The number of hydrogen-bond donors (Lipinski definition) is 1. The predicted octanol–water partition coefficient (Wildman–Crippen LogP) is 4.22. The van der Waals surface area contributed by atoms with Crippen molar-refractivity contribution < 1.29 is 9.21 Å². The first-order valence-corrected chi connectivity index (χ1v) is 8.84. The molecule has 0 bridgehead atoms. The van der Waals surface area contributed by atoms with Gasteiger partial charge in [0.1, 0.15) is 5.58 Å². The molecule has 2 fully saturated rings. The molecule has 4 nitrogen and oxygen atoms in total. The molecular weight excluding hydrogens is 336 g/mol. The predicted molar refractivity (Wildman–Crippen MR) is 99.0 cm³/mol. The van der Waals surface area contributed by atoms with E-state index in [0.717, 1.165) is 52.5 Å². The molecule has 2 aliphatic rings. The van der Waals surface area contributed by atoms with Crippen LogP contribution in [0.5, 0.6) is 0 Å². The quantitative estimate of drug-likeness (QED) is 0.751. The van der Waals surface area contributed by atoms with Crippen molar-refractivity contribution in [3.8, 4) is 11.1 Å². The maximum Gasteiger partial charge on any atom is 0.220 e. The summed E-state index contributed by atoms with van der Waals surface area (Å²) in [7, 11) is 0. The Balaban J connectivity index is 1.41. The van der Waals surface area contributed by atoms with Gasteiger partial charge >= 0.3 is 0 Å². The molecule has 2 aromatic carbocycles. The van der Waals surface area contributed by atoms with Crippen molar-refractivity contribution in [2.45, 2.75) is 18.4 Å². The topological polar surface area (TPSA) is 45.5 Å². The summed E-state index contributed by atoms with van der Waals surface area (Å²) in [6.45, 7) is 1.64. The van der Waals surface area contributed by atoms with E-state index in [2.05, 4.69) is 34.5 Å². The summed E-state index contributed by atoms with van der Waals surface area (Å²) in [4.78, 5) is 13.7. The molecule has 3 heterocycles. The second-order valence-corrected chi connectivity index (χ2v) is 7.47. The molecule has 1 aromatic heterocycles. The SMILES string of the molecule is O=C1CCC2(CN(c3cc4ccc(-c5ccc(Cl)cc5)cc4o3)C2)N1. The fraction of sp³-hybridized carbons (Fsp3) is 0.250. The van der Waals surface area contributed by atoms with E-state index in [-0.39, 0.29) is 11.4 Å². The summed E-state index contributed by atoms with van der Waals surface area (Å²) in [5.74, 6) is 1.03. The first kappa shape index (κ1) is 14.8. The molecule has 0 atom stereocenters. The largest absolute Gasteiger partial charge is 0.441 e. The van der Waals surface area contributed by atoms with E-state index in [1.54, 1.807) is 0 Å². The standard InChI is InChI=1S/C20H17ClN2O2/c21-16-5-3-13(4-6-16)14-1-2-15-10-19(25-17(15)9-14)23-11-20(12-23)8-7-18(24)22-20/h1-6,9-10H,7-8,11-12H2,(H,22,24). The Bertz CT molecular complexity index is 971. The Hall–Kier alpha value is -2.46. The highest BCUT2D eigenvalue weighted by Crippen LogP contribution is 2.37. The van der Waals surface area contributed by atoms with Crippen LogP contribution in [0.4, 0.5) is 5.88 Å². The van der Waals surface area contributed by atoms with Crippen LogP contribution in [0, 0.1) is 0 Å². The highest BCUT2D eigenvalue weighted by atomic mass is 35.5. The highest BCUT2D eigenvalue weighted by Gasteiger charge is 2.48. The normalized spacial score (nSPS) is 18.6. The van der Waals surface area contributed by atoms with E-state index in [0.29, 0.717) is 6.42 Å². The van der Waals surface area contributed by atoms with Crippen LogP contribution in [0.25, 0.3) is 22.1 Å². The minimum Gasteiger partial charge on any atom is -0.441 e. The Kier molecular flexibility index (Phi) is 3.13. The van der Waals surface area contributed by atoms with Gasteiger partial charge in [0, 0.05) is 36.0 Å². The number of hydrogen-bond acceptors (Lipinski definition) is 3. The Morgan fingerprint density at radius 3 is 2.52 bits per heavy atom. The number of furan rings is 1. The molecule has 3 aromatic rings. The van der Waals surface area contributed by atoms with Crippen LogP contribution < -0.4 is 10.2 Å². The second kappa shape index (κ2) is 5.27. The van der Waals surface area contributed by atoms with Crippen molar-refractivity contribution in [3.63, 3.8) is 0 Å². The molecular formula is C20H17ClN2O2. The zero-order valence-electron chi connectivity index (χ0n) is 13.6. The van der Waals surface area contributed by atoms with Crippen LogP contribution >= 0.6 is 11.6 Å². The van der Waals surface area contributed by atoms with Crippen LogP contribution in [0.1, 0.15) is 12.8 Å². The third-order valence-corrected chi connectivity index (χ3v) is 5.47. The number of nitrogens with zero attached hydrogens (tertiary/aromatic N) is 1. The summed E-state index contributed by atoms with van der Waals surface area (Å²) in [6.07, 6.45) is 1.56. The molecule has 2 aliphatic heterocycles. The molecule has 0 radical (unpaired) electrons. The Morgan fingerprint density at radius 2 is 1.80 bits per heavy atom. The number of fused-ring (bicyclic) bond motifs is 1. The molecule has 0 unspecified atom stereocenters. The second-order valence-electron chi connectivity index (χ2n) is 7.03. The van der Waals surface area contributed by atoms with E-state index in [9.17, 15) is 4.79 Å². The van der Waals surface area contributed by atoms with Crippen molar-refractivity contribution in [1.82, 2.24) is 5.32 Å². The van der Waals surface area contributed by atoms with Crippen LogP contribution in [0.2, 0.25) is 5.02 Å². The van der Waals surface area contributed by atoms with Crippen LogP contribution in [-0.2, 0) is 4.79 Å². The van der Waals surface area contributed by atoms with E-state index < -0.39 is 0 Å². The van der Waals surface area contributed by atoms with Gasteiger partial charge in [-0.1, -0.05) is 35.9 Å². The smallest absolute Gasteiger partial charge is 0.220 e. The number of anilines is 1. The third-order valence-electron chi connectivity index (χ3n) is 5.22. The van der Waals surface area contributed by atoms with Crippen LogP contribution in [0.15, 0.2) is 52.9 Å². The summed E-state index contributed by atoms with van der Waals surface area (Å²) < 4.78 is 6.07. The van der Waals surface area contributed by atoms with Gasteiger partial charge in [0.05, 0.1) is 5.54 Å². The number of nitrogens with one attached hydrogen (secondary N) is 1. The molecule has 1 amide bonds. The molecule has 2 saturated heterocycles. The van der Waals surface area contributed by atoms with Crippen molar-refractivity contribution >= 4 is 34.4 Å². The van der Waals surface area contributed by atoms with Crippen LogP contribution in [-0.4, -0.2) is 24.5 Å². The fourth-order valence-electron chi connectivity index (χ4n) is 3.85. The number of carbonyl (C=O) groups excluding carboxylic acids is 1. The summed E-state index contributed by atoms with van der Waals surface area (Å²) in [5.41, 5.74) is 3.05. The lowest BCUT2D eigenvalue weighted by molar-refractivity contribution is -0.119. The van der Waals surface area contributed by atoms with E-state index >= 15 is 0 Å². The molecule has 0 aliphatic carbocycles. The third kappa shape index (κ3) is 2.48. The fourth-order valence-corrected chi connectivity index (χ4v) is 3.97. The minimum absolute atomic E-state index is 0.0372. The first-order valence-electron chi connectivity index (χ1n) is 8.46. The lowest BCUT2D eigenvalue weighted by Gasteiger charge is -2.47. The monoisotopic (exact) mass is 352 g/mol. The van der Waals surface area contributed by atoms with Crippen molar-refractivity contribution in [2.24, 2.45) is 0 Å². The Morgan fingerprint density at radius 1 is 1.04 bits per heavy atom. The average Bonchev–Trinajstić information content (AvgIpc) is 3.16.